The Morgan fingerprint density at radius 3 is 2.56 bits per heavy atom. The van der Waals surface area contributed by atoms with Crippen LogP contribution in [0.15, 0.2) is 65.4 Å². The number of thiocarbonyl (C=S) groups is 1. The highest BCUT2D eigenvalue weighted by Gasteiger charge is 2.03. The zero-order valence-corrected chi connectivity index (χ0v) is 17.7. The number of nitrogens with one attached hydrogen (secondary N) is 2. The lowest BCUT2D eigenvalue weighted by molar-refractivity contribution is 0.687. The van der Waals surface area contributed by atoms with Crippen LogP contribution >= 0.6 is 28.1 Å². The van der Waals surface area contributed by atoms with Crippen LogP contribution in [-0.2, 0) is 13.0 Å². The van der Waals surface area contributed by atoms with Crippen LogP contribution in [0.1, 0.15) is 30.9 Å². The van der Waals surface area contributed by atoms with E-state index < -0.39 is 0 Å². The van der Waals surface area contributed by atoms with Gasteiger partial charge < -0.3 is 10.6 Å². The van der Waals surface area contributed by atoms with E-state index in [-0.39, 0.29) is 0 Å². The van der Waals surface area contributed by atoms with Crippen molar-refractivity contribution in [1.82, 2.24) is 9.78 Å². The first-order valence-corrected chi connectivity index (χ1v) is 10.3. The number of halogens is 1. The number of anilines is 2. The molecule has 4 nitrogen and oxygen atoms in total. The van der Waals surface area contributed by atoms with Gasteiger partial charge in [-0.1, -0.05) is 37.6 Å². The Bertz CT molecular complexity index is 889. The summed E-state index contributed by atoms with van der Waals surface area (Å²) in [6, 6.07) is 16.6. The topological polar surface area (TPSA) is 41.9 Å². The molecular weight excluding hydrogens is 420 g/mol. The van der Waals surface area contributed by atoms with Crippen molar-refractivity contribution in [3.63, 3.8) is 0 Å². The zero-order valence-electron chi connectivity index (χ0n) is 15.3. The van der Waals surface area contributed by atoms with Crippen LogP contribution < -0.4 is 10.6 Å². The Kier molecular flexibility index (Phi) is 7.01. The molecule has 3 rings (SSSR count). The van der Waals surface area contributed by atoms with Crippen molar-refractivity contribution in [1.29, 1.82) is 0 Å². The summed E-state index contributed by atoms with van der Waals surface area (Å²) in [4.78, 5) is 0. The summed E-state index contributed by atoms with van der Waals surface area (Å²) in [5.41, 5.74) is 4.46. The summed E-state index contributed by atoms with van der Waals surface area (Å²) in [7, 11) is 0. The number of aromatic nitrogens is 2. The molecule has 0 aliphatic carbocycles. The molecule has 0 aliphatic heterocycles. The van der Waals surface area contributed by atoms with Crippen molar-refractivity contribution in [2.75, 3.05) is 10.6 Å². The molecule has 2 aromatic carbocycles. The van der Waals surface area contributed by atoms with Crippen molar-refractivity contribution in [2.45, 2.75) is 32.7 Å². The molecule has 6 heteroatoms. The molecule has 0 fully saturated rings. The standard InChI is InChI=1S/C21H23BrN4S/c1-2-3-5-16-8-10-19(11-9-16)24-21(27)25-20-7-4-6-17(12-20)14-26-15-18(22)13-23-26/h4,6-13,15H,2-3,5,14H2,1H3,(H2,24,25,27). The fourth-order valence-electron chi connectivity index (χ4n) is 2.79. The first kappa shape index (κ1) is 19.6. The molecule has 0 saturated carbocycles. The van der Waals surface area contributed by atoms with E-state index in [9.17, 15) is 0 Å². The third-order valence-electron chi connectivity index (χ3n) is 4.16. The molecule has 0 radical (unpaired) electrons. The van der Waals surface area contributed by atoms with Gasteiger partial charge in [0, 0.05) is 17.6 Å². The van der Waals surface area contributed by atoms with E-state index in [2.05, 4.69) is 75.0 Å². The summed E-state index contributed by atoms with van der Waals surface area (Å²) >= 11 is 8.87. The SMILES string of the molecule is CCCCc1ccc(NC(=S)Nc2cccc(Cn3cc(Br)cn3)c2)cc1. The van der Waals surface area contributed by atoms with Gasteiger partial charge in [-0.05, 0) is 76.4 Å². The monoisotopic (exact) mass is 442 g/mol. The van der Waals surface area contributed by atoms with Gasteiger partial charge in [-0.2, -0.15) is 5.10 Å². The van der Waals surface area contributed by atoms with Gasteiger partial charge in [0.05, 0.1) is 17.2 Å². The van der Waals surface area contributed by atoms with Crippen molar-refractivity contribution in [3.05, 3.63) is 76.5 Å². The highest BCUT2D eigenvalue weighted by atomic mass is 79.9. The fraction of sp³-hybridized carbons (Fsp3) is 0.238. The minimum atomic E-state index is 0.579. The first-order chi connectivity index (χ1) is 13.1. The van der Waals surface area contributed by atoms with Crippen molar-refractivity contribution in [3.8, 4) is 0 Å². The molecule has 1 aromatic heterocycles. The fourth-order valence-corrected chi connectivity index (χ4v) is 3.35. The van der Waals surface area contributed by atoms with Gasteiger partial charge >= 0.3 is 0 Å². The molecule has 0 aliphatic rings. The molecule has 0 saturated heterocycles. The Morgan fingerprint density at radius 2 is 1.85 bits per heavy atom. The molecule has 0 bridgehead atoms. The maximum Gasteiger partial charge on any atom is 0.175 e. The Hall–Kier alpha value is -2.18. The minimum absolute atomic E-state index is 0.579. The maximum absolute atomic E-state index is 5.45. The van der Waals surface area contributed by atoms with Crippen LogP contribution in [0.4, 0.5) is 11.4 Å². The third kappa shape index (κ3) is 6.19. The molecule has 140 valence electrons. The highest BCUT2D eigenvalue weighted by molar-refractivity contribution is 9.10. The van der Waals surface area contributed by atoms with Gasteiger partial charge in [-0.25, -0.2) is 0 Å². The maximum atomic E-state index is 5.45. The van der Waals surface area contributed by atoms with Crippen LogP contribution in [0, 0.1) is 0 Å². The van der Waals surface area contributed by atoms with Crippen LogP contribution in [0.5, 0.6) is 0 Å². The lowest BCUT2D eigenvalue weighted by atomic mass is 10.1. The van der Waals surface area contributed by atoms with Gasteiger partial charge in [0.15, 0.2) is 5.11 Å². The third-order valence-corrected chi connectivity index (χ3v) is 4.78. The number of rotatable bonds is 7. The number of nitrogens with zero attached hydrogens (tertiary/aromatic N) is 2. The predicted octanol–water partition coefficient (Wildman–Crippen LogP) is 5.85. The molecule has 0 unspecified atom stereocenters. The molecule has 27 heavy (non-hydrogen) atoms. The quantitative estimate of drug-likeness (QED) is 0.450. The van der Waals surface area contributed by atoms with Gasteiger partial charge in [-0.3, -0.25) is 4.68 Å². The normalized spacial score (nSPS) is 10.6. The lowest BCUT2D eigenvalue weighted by Gasteiger charge is -2.12. The second-order valence-corrected chi connectivity index (χ2v) is 7.76. The van der Waals surface area contributed by atoms with E-state index in [1.54, 1.807) is 6.20 Å². The van der Waals surface area contributed by atoms with E-state index in [0.29, 0.717) is 11.7 Å². The van der Waals surface area contributed by atoms with E-state index >= 15 is 0 Å². The van der Waals surface area contributed by atoms with E-state index in [0.717, 1.165) is 27.8 Å². The van der Waals surface area contributed by atoms with Crippen molar-refractivity contribution < 1.29 is 0 Å². The van der Waals surface area contributed by atoms with E-state index in [4.69, 9.17) is 12.2 Å². The minimum Gasteiger partial charge on any atom is -0.332 e. The zero-order chi connectivity index (χ0) is 19.1. The molecular formula is C21H23BrN4S. The number of unbranched alkanes of at least 4 members (excludes halogenated alkanes) is 1. The Labute approximate surface area is 174 Å². The van der Waals surface area contributed by atoms with E-state index in [1.165, 1.54) is 18.4 Å². The number of hydrogen-bond donors (Lipinski definition) is 2. The first-order valence-electron chi connectivity index (χ1n) is 9.06. The number of hydrogen-bond acceptors (Lipinski definition) is 2. The molecule has 0 spiro atoms. The summed E-state index contributed by atoms with van der Waals surface area (Å²) in [6.45, 7) is 2.92. The van der Waals surface area contributed by atoms with Gasteiger partial charge in [0.25, 0.3) is 0 Å². The summed E-state index contributed by atoms with van der Waals surface area (Å²) < 4.78 is 2.86. The molecule has 1 heterocycles. The smallest absolute Gasteiger partial charge is 0.175 e. The van der Waals surface area contributed by atoms with Crippen LogP contribution in [0.3, 0.4) is 0 Å². The molecule has 2 N–H and O–H groups in total. The second-order valence-electron chi connectivity index (χ2n) is 6.44. The molecule has 3 aromatic rings. The average Bonchev–Trinajstić information content (AvgIpc) is 3.06. The Morgan fingerprint density at radius 1 is 1.07 bits per heavy atom. The van der Waals surface area contributed by atoms with Crippen molar-refractivity contribution >= 4 is 44.6 Å². The van der Waals surface area contributed by atoms with Crippen molar-refractivity contribution in [2.24, 2.45) is 0 Å². The predicted molar refractivity (Wildman–Crippen MR) is 120 cm³/mol. The summed E-state index contributed by atoms with van der Waals surface area (Å²) in [6.07, 6.45) is 7.30. The van der Waals surface area contributed by atoms with Gasteiger partial charge in [0.2, 0.25) is 0 Å². The van der Waals surface area contributed by atoms with E-state index in [1.807, 2.05) is 23.0 Å². The largest absolute Gasteiger partial charge is 0.332 e. The molecule has 0 amide bonds. The molecule has 0 atom stereocenters. The second kappa shape index (κ2) is 9.67. The summed E-state index contributed by atoms with van der Waals surface area (Å²) in [5.74, 6) is 0. The number of aryl methyl sites for hydroxylation is 1. The van der Waals surface area contributed by atoms with Gasteiger partial charge in [0.1, 0.15) is 0 Å². The van der Waals surface area contributed by atoms with Gasteiger partial charge in [-0.15, -0.1) is 0 Å². The lowest BCUT2D eigenvalue weighted by Crippen LogP contribution is -2.19. The summed E-state index contributed by atoms with van der Waals surface area (Å²) in [5, 5.41) is 11.4. The number of benzene rings is 2. The average molecular weight is 443 g/mol. The van der Waals surface area contributed by atoms with Crippen LogP contribution in [0.2, 0.25) is 0 Å². The Balaban J connectivity index is 1.56. The highest BCUT2D eigenvalue weighted by Crippen LogP contribution is 2.15. The van der Waals surface area contributed by atoms with Crippen LogP contribution in [-0.4, -0.2) is 14.9 Å². The van der Waals surface area contributed by atoms with Crippen LogP contribution in [0.25, 0.3) is 0 Å².